The Morgan fingerprint density at radius 3 is 2.44 bits per heavy atom. The molecule has 0 fully saturated rings. The summed E-state index contributed by atoms with van der Waals surface area (Å²) < 4.78 is 4.94. The minimum atomic E-state index is -0.892. The maximum atomic E-state index is 11.9. The van der Waals surface area contributed by atoms with Crippen LogP contribution in [-0.4, -0.2) is 48.7 Å². The zero-order chi connectivity index (χ0) is 14.1. The van der Waals surface area contributed by atoms with Crippen molar-refractivity contribution in [3.05, 3.63) is 11.6 Å². The van der Waals surface area contributed by atoms with Gasteiger partial charge < -0.3 is 14.7 Å². The van der Waals surface area contributed by atoms with Crippen LogP contribution in [0.4, 0.5) is 0 Å². The highest BCUT2D eigenvalue weighted by atomic mass is 16.5. The van der Waals surface area contributed by atoms with Crippen LogP contribution in [0.3, 0.4) is 0 Å². The second kappa shape index (κ2) is 8.69. The summed E-state index contributed by atoms with van der Waals surface area (Å²) in [4.78, 5) is 24.3. The van der Waals surface area contributed by atoms with E-state index in [0.29, 0.717) is 19.6 Å². The summed E-state index contributed by atoms with van der Waals surface area (Å²) in [7, 11) is 1.60. The second-order valence-electron chi connectivity index (χ2n) is 4.59. The zero-order valence-electron chi connectivity index (χ0n) is 11.6. The molecule has 5 nitrogen and oxygen atoms in total. The summed E-state index contributed by atoms with van der Waals surface area (Å²) in [6.07, 6.45) is 2.23. The molecule has 5 heteroatoms. The fourth-order valence-electron chi connectivity index (χ4n) is 1.44. The number of nitrogens with zero attached hydrogens (tertiary/aromatic N) is 1. The third-order valence-electron chi connectivity index (χ3n) is 2.42. The molecule has 0 aromatic carbocycles. The number of aliphatic carboxylic acids is 1. The first-order valence-electron chi connectivity index (χ1n) is 6.04. The van der Waals surface area contributed by atoms with E-state index in [1.807, 2.05) is 13.8 Å². The molecule has 0 radical (unpaired) electrons. The summed E-state index contributed by atoms with van der Waals surface area (Å²) >= 11 is 0. The number of methoxy groups -OCH3 is 1. The van der Waals surface area contributed by atoms with Crippen LogP contribution in [0.2, 0.25) is 0 Å². The number of rotatable bonds is 8. The molecule has 0 bridgehead atoms. The van der Waals surface area contributed by atoms with Crippen molar-refractivity contribution in [1.29, 1.82) is 0 Å². The van der Waals surface area contributed by atoms with Gasteiger partial charge in [0.1, 0.15) is 0 Å². The minimum absolute atomic E-state index is 0.140. The Morgan fingerprint density at radius 2 is 2.00 bits per heavy atom. The van der Waals surface area contributed by atoms with Crippen LogP contribution in [0.1, 0.15) is 27.2 Å². The third-order valence-corrected chi connectivity index (χ3v) is 2.42. The zero-order valence-corrected chi connectivity index (χ0v) is 11.6. The van der Waals surface area contributed by atoms with Gasteiger partial charge in [0.05, 0.1) is 5.92 Å². The van der Waals surface area contributed by atoms with Crippen molar-refractivity contribution in [1.82, 2.24) is 4.90 Å². The lowest BCUT2D eigenvalue weighted by molar-refractivity contribution is -0.142. The average molecular weight is 257 g/mol. The van der Waals surface area contributed by atoms with Crippen LogP contribution >= 0.6 is 0 Å². The van der Waals surface area contributed by atoms with Crippen LogP contribution in [0, 0.1) is 5.92 Å². The fraction of sp³-hybridized carbons (Fsp3) is 0.692. The first-order valence-corrected chi connectivity index (χ1v) is 6.04. The van der Waals surface area contributed by atoms with Gasteiger partial charge in [-0.2, -0.15) is 0 Å². The number of carboxylic acid groups (broad SMARTS) is 1. The molecule has 104 valence electrons. The molecule has 1 amide bonds. The Hall–Kier alpha value is -1.36. The number of hydrogen-bond acceptors (Lipinski definition) is 3. The van der Waals surface area contributed by atoms with Crippen LogP contribution in [0.5, 0.6) is 0 Å². The molecule has 1 unspecified atom stereocenters. The number of carbonyl (C=O) groups is 2. The monoisotopic (exact) mass is 257 g/mol. The Kier molecular flexibility index (Phi) is 8.03. The van der Waals surface area contributed by atoms with Gasteiger partial charge in [0, 0.05) is 32.9 Å². The van der Waals surface area contributed by atoms with E-state index in [-0.39, 0.29) is 12.5 Å². The van der Waals surface area contributed by atoms with Gasteiger partial charge in [-0.1, -0.05) is 12.5 Å². The summed E-state index contributed by atoms with van der Waals surface area (Å²) in [5, 5.41) is 8.89. The van der Waals surface area contributed by atoms with Crippen LogP contribution in [-0.2, 0) is 14.3 Å². The standard InChI is InChI=1S/C13H23NO4/c1-10(2)8-12(15)14(6-5-7-18-4)9-11(3)13(16)17/h8,11H,5-7,9H2,1-4H3,(H,16,17). The van der Waals surface area contributed by atoms with Crippen LogP contribution in [0.25, 0.3) is 0 Å². The maximum Gasteiger partial charge on any atom is 0.308 e. The van der Waals surface area contributed by atoms with Crippen molar-refractivity contribution < 1.29 is 19.4 Å². The summed E-state index contributed by atoms with van der Waals surface area (Å²) in [5.41, 5.74) is 0.903. The van der Waals surface area contributed by atoms with Crippen molar-refractivity contribution in [2.45, 2.75) is 27.2 Å². The predicted molar refractivity (Wildman–Crippen MR) is 69.3 cm³/mol. The molecule has 0 aliphatic carbocycles. The Morgan fingerprint density at radius 1 is 1.39 bits per heavy atom. The molecule has 1 atom stereocenters. The highest BCUT2D eigenvalue weighted by molar-refractivity contribution is 5.88. The lowest BCUT2D eigenvalue weighted by Gasteiger charge is -2.23. The Labute approximate surface area is 108 Å². The van der Waals surface area contributed by atoms with Gasteiger partial charge in [-0.3, -0.25) is 9.59 Å². The number of hydrogen-bond donors (Lipinski definition) is 1. The topological polar surface area (TPSA) is 66.8 Å². The van der Waals surface area contributed by atoms with E-state index in [4.69, 9.17) is 9.84 Å². The highest BCUT2D eigenvalue weighted by Gasteiger charge is 2.18. The van der Waals surface area contributed by atoms with E-state index in [9.17, 15) is 9.59 Å². The molecule has 0 aliphatic rings. The normalized spacial score (nSPS) is 11.8. The van der Waals surface area contributed by atoms with Crippen molar-refractivity contribution in [3.8, 4) is 0 Å². The molecule has 18 heavy (non-hydrogen) atoms. The molecule has 0 heterocycles. The molecular formula is C13H23NO4. The van der Waals surface area contributed by atoms with Gasteiger partial charge in [-0.25, -0.2) is 0 Å². The van der Waals surface area contributed by atoms with E-state index in [0.717, 1.165) is 5.57 Å². The number of ether oxygens (including phenoxy) is 1. The molecule has 0 rings (SSSR count). The molecule has 0 saturated carbocycles. The van der Waals surface area contributed by atoms with Crippen molar-refractivity contribution in [2.75, 3.05) is 26.8 Å². The first kappa shape index (κ1) is 16.6. The maximum absolute atomic E-state index is 11.9. The largest absolute Gasteiger partial charge is 0.481 e. The molecule has 0 aliphatic heterocycles. The summed E-state index contributed by atoms with van der Waals surface area (Å²) in [5.74, 6) is -1.60. The van der Waals surface area contributed by atoms with E-state index in [1.54, 1.807) is 18.9 Å². The molecule has 0 saturated heterocycles. The molecule has 0 aromatic heterocycles. The third kappa shape index (κ3) is 7.06. The van der Waals surface area contributed by atoms with Crippen LogP contribution in [0.15, 0.2) is 11.6 Å². The summed E-state index contributed by atoms with van der Waals surface area (Å²) in [6.45, 7) is 6.56. The van der Waals surface area contributed by atoms with E-state index >= 15 is 0 Å². The van der Waals surface area contributed by atoms with Gasteiger partial charge in [0.2, 0.25) is 5.91 Å². The van der Waals surface area contributed by atoms with Crippen molar-refractivity contribution in [2.24, 2.45) is 5.92 Å². The van der Waals surface area contributed by atoms with Crippen molar-refractivity contribution in [3.63, 3.8) is 0 Å². The predicted octanol–water partition coefficient (Wildman–Crippen LogP) is 1.54. The fourth-order valence-corrected chi connectivity index (χ4v) is 1.44. The van der Waals surface area contributed by atoms with E-state index < -0.39 is 11.9 Å². The second-order valence-corrected chi connectivity index (χ2v) is 4.59. The molecule has 1 N–H and O–H groups in total. The average Bonchev–Trinajstić information content (AvgIpc) is 2.26. The van der Waals surface area contributed by atoms with Gasteiger partial charge in [-0.05, 0) is 20.3 Å². The van der Waals surface area contributed by atoms with Gasteiger partial charge in [0.15, 0.2) is 0 Å². The Balaban J connectivity index is 4.55. The quantitative estimate of drug-likeness (QED) is 0.529. The SMILES string of the molecule is COCCCN(CC(C)C(=O)O)C(=O)C=C(C)C. The highest BCUT2D eigenvalue weighted by Crippen LogP contribution is 2.04. The lowest BCUT2D eigenvalue weighted by atomic mass is 10.1. The number of amides is 1. The van der Waals surface area contributed by atoms with Gasteiger partial charge >= 0.3 is 5.97 Å². The minimum Gasteiger partial charge on any atom is -0.481 e. The lowest BCUT2D eigenvalue weighted by Crippen LogP contribution is -2.37. The van der Waals surface area contributed by atoms with Gasteiger partial charge in [0.25, 0.3) is 0 Å². The molecular weight excluding hydrogens is 234 g/mol. The molecule has 0 aromatic rings. The molecule has 0 spiro atoms. The van der Waals surface area contributed by atoms with Crippen LogP contribution < -0.4 is 0 Å². The van der Waals surface area contributed by atoms with Gasteiger partial charge in [-0.15, -0.1) is 0 Å². The number of carbonyl (C=O) groups excluding carboxylic acids is 1. The van der Waals surface area contributed by atoms with E-state index in [1.165, 1.54) is 6.08 Å². The number of allylic oxidation sites excluding steroid dienone is 1. The first-order chi connectivity index (χ1) is 8.38. The van der Waals surface area contributed by atoms with Crippen molar-refractivity contribution >= 4 is 11.9 Å². The Bertz CT molecular complexity index is 308. The number of carboxylic acids is 1. The smallest absolute Gasteiger partial charge is 0.308 e. The summed E-state index contributed by atoms with van der Waals surface area (Å²) in [6, 6.07) is 0. The van der Waals surface area contributed by atoms with E-state index in [2.05, 4.69) is 0 Å².